The first-order chi connectivity index (χ1) is 5.73. The van der Waals surface area contributed by atoms with Crippen molar-refractivity contribution in [3.8, 4) is 0 Å². The third kappa shape index (κ3) is 1.75. The van der Waals surface area contributed by atoms with E-state index in [1.54, 1.807) is 0 Å². The summed E-state index contributed by atoms with van der Waals surface area (Å²) in [6, 6.07) is 11.0. The molecule has 0 heterocycles. The average molecular weight is 182 g/mol. The fourth-order valence-corrected chi connectivity index (χ4v) is 3.50. The number of hydrogen-bond donors (Lipinski definition) is 0. The molecule has 0 atom stereocenters. The van der Waals surface area contributed by atoms with Gasteiger partial charge in [0.2, 0.25) is 0 Å². The minimum absolute atomic E-state index is 0.688. The molecule has 0 aliphatic rings. The van der Waals surface area contributed by atoms with Crippen LogP contribution in [0.1, 0.15) is 13.8 Å². The topological polar surface area (TPSA) is 0 Å². The van der Waals surface area contributed by atoms with Gasteiger partial charge in [0.1, 0.15) is 0 Å². The zero-order valence-electron chi connectivity index (χ0n) is 7.68. The SMILES string of the molecule is CC[Si](F)(CC)c1ccccc1. The van der Waals surface area contributed by atoms with Crippen LogP contribution in [0.25, 0.3) is 0 Å². The van der Waals surface area contributed by atoms with Gasteiger partial charge >= 0.3 is 0 Å². The van der Waals surface area contributed by atoms with Crippen molar-refractivity contribution in [3.05, 3.63) is 30.3 Å². The second-order valence-electron chi connectivity index (χ2n) is 3.04. The lowest BCUT2D eigenvalue weighted by atomic mass is 10.4. The van der Waals surface area contributed by atoms with Crippen molar-refractivity contribution >= 4 is 13.6 Å². The summed E-state index contributed by atoms with van der Waals surface area (Å²) in [7, 11) is -2.57. The van der Waals surface area contributed by atoms with Gasteiger partial charge in [0, 0.05) is 0 Å². The van der Waals surface area contributed by atoms with Gasteiger partial charge in [-0.1, -0.05) is 44.2 Å². The normalized spacial score (nSPS) is 11.6. The molecule has 66 valence electrons. The highest BCUT2D eigenvalue weighted by Gasteiger charge is 2.31. The Morgan fingerprint density at radius 2 is 1.58 bits per heavy atom. The molecule has 0 fully saturated rings. The van der Waals surface area contributed by atoms with Crippen molar-refractivity contribution < 1.29 is 4.11 Å². The molecule has 0 saturated carbocycles. The lowest BCUT2D eigenvalue weighted by Gasteiger charge is -2.18. The maximum absolute atomic E-state index is 14.1. The molecule has 0 radical (unpaired) electrons. The van der Waals surface area contributed by atoms with Crippen LogP contribution >= 0.6 is 0 Å². The van der Waals surface area contributed by atoms with Crippen LogP contribution in [0.5, 0.6) is 0 Å². The molecule has 0 aliphatic heterocycles. The Balaban J connectivity index is 2.95. The van der Waals surface area contributed by atoms with E-state index in [2.05, 4.69) is 0 Å². The standard InChI is InChI=1S/C10H15FSi/c1-3-12(11,4-2)10-8-6-5-7-9-10/h5-9H,3-4H2,1-2H3. The molecule has 0 aromatic heterocycles. The summed E-state index contributed by atoms with van der Waals surface area (Å²) < 4.78 is 14.1. The first-order valence-corrected chi connectivity index (χ1v) is 6.76. The van der Waals surface area contributed by atoms with Crippen molar-refractivity contribution in [2.24, 2.45) is 0 Å². The molecule has 1 aromatic carbocycles. The Hall–Kier alpha value is -0.633. The first-order valence-electron chi connectivity index (χ1n) is 4.47. The quantitative estimate of drug-likeness (QED) is 0.498. The van der Waals surface area contributed by atoms with Crippen LogP contribution in [0, 0.1) is 0 Å². The Labute approximate surface area is 74.6 Å². The van der Waals surface area contributed by atoms with Gasteiger partial charge < -0.3 is 4.11 Å². The summed E-state index contributed by atoms with van der Waals surface area (Å²) in [5.74, 6) is 0. The predicted molar refractivity (Wildman–Crippen MR) is 53.9 cm³/mol. The molecule has 0 nitrogen and oxygen atoms in total. The van der Waals surface area contributed by atoms with Crippen molar-refractivity contribution in [2.45, 2.75) is 25.9 Å². The fraction of sp³-hybridized carbons (Fsp3) is 0.400. The molecule has 2 heteroatoms. The van der Waals surface area contributed by atoms with Gasteiger partial charge in [0.15, 0.2) is 0 Å². The molecule has 0 bridgehead atoms. The summed E-state index contributed by atoms with van der Waals surface area (Å²) in [5, 5.41) is 0.940. The maximum atomic E-state index is 14.1. The molecule has 1 rings (SSSR count). The number of hydrogen-bond acceptors (Lipinski definition) is 0. The first kappa shape index (κ1) is 9.45. The van der Waals surface area contributed by atoms with E-state index in [-0.39, 0.29) is 0 Å². The van der Waals surface area contributed by atoms with Gasteiger partial charge in [-0.2, -0.15) is 0 Å². The highest BCUT2D eigenvalue weighted by molar-refractivity contribution is 6.85. The largest absolute Gasteiger partial charge is 0.308 e. The minimum Gasteiger partial charge on any atom is -0.308 e. The smallest absolute Gasteiger partial charge is 0.277 e. The third-order valence-electron chi connectivity index (χ3n) is 2.41. The van der Waals surface area contributed by atoms with Crippen LogP contribution in [-0.2, 0) is 0 Å². The van der Waals surface area contributed by atoms with Gasteiger partial charge in [-0.25, -0.2) is 0 Å². The van der Waals surface area contributed by atoms with Crippen LogP contribution < -0.4 is 5.19 Å². The molecular weight excluding hydrogens is 167 g/mol. The average Bonchev–Trinajstić information content (AvgIpc) is 2.18. The lowest BCUT2D eigenvalue weighted by molar-refractivity contribution is 0.785. The summed E-state index contributed by atoms with van der Waals surface area (Å²) in [4.78, 5) is 0. The molecular formula is C10H15FSi. The Morgan fingerprint density at radius 3 is 2.00 bits per heavy atom. The summed E-state index contributed by atoms with van der Waals surface area (Å²) in [6.45, 7) is 3.89. The zero-order chi connectivity index (χ0) is 9.03. The van der Waals surface area contributed by atoms with E-state index >= 15 is 0 Å². The molecule has 0 amide bonds. The van der Waals surface area contributed by atoms with Crippen molar-refractivity contribution in [1.82, 2.24) is 0 Å². The van der Waals surface area contributed by atoms with Crippen LogP contribution in [0.3, 0.4) is 0 Å². The zero-order valence-corrected chi connectivity index (χ0v) is 8.68. The monoisotopic (exact) mass is 182 g/mol. The van der Waals surface area contributed by atoms with E-state index < -0.39 is 8.41 Å². The van der Waals surface area contributed by atoms with E-state index in [1.165, 1.54) is 0 Å². The van der Waals surface area contributed by atoms with Crippen LogP contribution in [0.15, 0.2) is 30.3 Å². The summed E-state index contributed by atoms with van der Waals surface area (Å²) in [6.07, 6.45) is 0. The highest BCUT2D eigenvalue weighted by atomic mass is 28.4. The van der Waals surface area contributed by atoms with Crippen LogP contribution in [-0.4, -0.2) is 8.41 Å². The van der Waals surface area contributed by atoms with Crippen LogP contribution in [0.4, 0.5) is 4.11 Å². The van der Waals surface area contributed by atoms with Gasteiger partial charge in [0.05, 0.1) is 0 Å². The number of benzene rings is 1. The fourth-order valence-electron chi connectivity index (χ4n) is 1.40. The van der Waals surface area contributed by atoms with E-state index in [1.807, 2.05) is 44.2 Å². The summed E-state index contributed by atoms with van der Waals surface area (Å²) in [5.41, 5.74) is 0. The van der Waals surface area contributed by atoms with Gasteiger partial charge in [-0.05, 0) is 17.3 Å². The molecule has 0 unspecified atom stereocenters. The van der Waals surface area contributed by atoms with Crippen molar-refractivity contribution in [3.63, 3.8) is 0 Å². The predicted octanol–water partition coefficient (Wildman–Crippen LogP) is 2.85. The van der Waals surface area contributed by atoms with Crippen molar-refractivity contribution in [2.75, 3.05) is 0 Å². The maximum Gasteiger partial charge on any atom is 0.277 e. The lowest BCUT2D eigenvalue weighted by Crippen LogP contribution is -2.41. The molecule has 0 saturated heterocycles. The van der Waals surface area contributed by atoms with E-state index in [0.717, 1.165) is 5.19 Å². The molecule has 0 spiro atoms. The second-order valence-corrected chi connectivity index (χ2v) is 6.96. The molecule has 0 aliphatic carbocycles. The van der Waals surface area contributed by atoms with E-state index in [0.29, 0.717) is 12.1 Å². The molecule has 1 aromatic rings. The van der Waals surface area contributed by atoms with E-state index in [9.17, 15) is 4.11 Å². The molecule has 0 N–H and O–H groups in total. The van der Waals surface area contributed by atoms with Crippen LogP contribution in [0.2, 0.25) is 12.1 Å². The highest BCUT2D eigenvalue weighted by Crippen LogP contribution is 2.15. The Bertz CT molecular complexity index is 229. The number of rotatable bonds is 3. The minimum atomic E-state index is -2.57. The third-order valence-corrected chi connectivity index (χ3v) is 6.02. The van der Waals surface area contributed by atoms with Gasteiger partial charge in [-0.3, -0.25) is 0 Å². The molecule has 12 heavy (non-hydrogen) atoms. The second kappa shape index (κ2) is 3.85. The van der Waals surface area contributed by atoms with Gasteiger partial charge in [0.25, 0.3) is 8.41 Å². The summed E-state index contributed by atoms with van der Waals surface area (Å²) >= 11 is 0. The number of halogens is 1. The van der Waals surface area contributed by atoms with Crippen molar-refractivity contribution in [1.29, 1.82) is 0 Å². The van der Waals surface area contributed by atoms with Gasteiger partial charge in [-0.15, -0.1) is 0 Å². The Morgan fingerprint density at radius 1 is 1.08 bits per heavy atom. The Kier molecular flexibility index (Phi) is 3.03. The van der Waals surface area contributed by atoms with E-state index in [4.69, 9.17) is 0 Å².